The van der Waals surface area contributed by atoms with Crippen molar-refractivity contribution in [1.82, 2.24) is 10.3 Å². The molecule has 0 unspecified atom stereocenters. The number of aryl methyl sites for hydroxylation is 2. The maximum Gasteiger partial charge on any atom is 0.119 e. The Balaban J connectivity index is 1.59. The van der Waals surface area contributed by atoms with Gasteiger partial charge in [-0.25, -0.2) is 0 Å². The van der Waals surface area contributed by atoms with Gasteiger partial charge in [-0.1, -0.05) is 24.3 Å². The van der Waals surface area contributed by atoms with Crippen LogP contribution in [0.3, 0.4) is 0 Å². The summed E-state index contributed by atoms with van der Waals surface area (Å²) in [6.45, 7) is 6.28. The first-order valence-electron chi connectivity index (χ1n) is 9.04. The van der Waals surface area contributed by atoms with E-state index in [9.17, 15) is 0 Å². The maximum absolute atomic E-state index is 6.10. The highest BCUT2D eigenvalue weighted by Crippen LogP contribution is 2.29. The molecule has 4 rings (SSSR count). The molecule has 0 aliphatic carbocycles. The van der Waals surface area contributed by atoms with Crippen LogP contribution >= 0.6 is 0 Å². The fraction of sp³-hybridized carbons (Fsp3) is 0.318. The van der Waals surface area contributed by atoms with Crippen molar-refractivity contribution < 1.29 is 4.74 Å². The van der Waals surface area contributed by atoms with Crippen LogP contribution in [-0.2, 0) is 0 Å². The van der Waals surface area contributed by atoms with E-state index in [1.807, 2.05) is 6.20 Å². The molecule has 2 aromatic carbocycles. The van der Waals surface area contributed by atoms with Crippen molar-refractivity contribution in [2.24, 2.45) is 0 Å². The number of hydrogen-bond donors (Lipinski definition) is 1. The zero-order chi connectivity index (χ0) is 17.2. The molecule has 3 aromatic rings. The van der Waals surface area contributed by atoms with Crippen LogP contribution in [0.5, 0.6) is 5.75 Å². The molecule has 2 heterocycles. The lowest BCUT2D eigenvalue weighted by Crippen LogP contribution is -2.34. The molecule has 1 aromatic heterocycles. The lowest BCUT2D eigenvalue weighted by Gasteiger charge is -2.23. The largest absolute Gasteiger partial charge is 0.490 e. The van der Waals surface area contributed by atoms with Crippen molar-refractivity contribution in [2.75, 3.05) is 13.1 Å². The van der Waals surface area contributed by atoms with Crippen molar-refractivity contribution in [3.8, 4) is 16.9 Å². The van der Waals surface area contributed by atoms with E-state index < -0.39 is 0 Å². The summed E-state index contributed by atoms with van der Waals surface area (Å²) in [6.07, 6.45) is 4.46. The molecule has 0 spiro atoms. The van der Waals surface area contributed by atoms with Crippen molar-refractivity contribution in [1.29, 1.82) is 0 Å². The first-order chi connectivity index (χ1) is 12.2. The second-order valence-corrected chi connectivity index (χ2v) is 6.88. The molecular formula is C22H24N2O. The van der Waals surface area contributed by atoms with Gasteiger partial charge in [-0.3, -0.25) is 4.98 Å². The third-order valence-electron chi connectivity index (χ3n) is 5.06. The number of aromatic nitrogens is 1. The molecule has 3 nitrogen and oxygen atoms in total. The summed E-state index contributed by atoms with van der Waals surface area (Å²) >= 11 is 0. The third kappa shape index (κ3) is 3.38. The van der Waals surface area contributed by atoms with E-state index in [0.29, 0.717) is 6.10 Å². The molecular weight excluding hydrogens is 308 g/mol. The predicted octanol–water partition coefficient (Wildman–Crippen LogP) is 4.65. The van der Waals surface area contributed by atoms with Gasteiger partial charge in [0.15, 0.2) is 0 Å². The van der Waals surface area contributed by atoms with Crippen LogP contribution in [-0.4, -0.2) is 24.2 Å². The van der Waals surface area contributed by atoms with Crippen LogP contribution in [0.15, 0.2) is 48.7 Å². The van der Waals surface area contributed by atoms with Gasteiger partial charge in [0, 0.05) is 17.3 Å². The lowest BCUT2D eigenvalue weighted by molar-refractivity contribution is 0.162. The molecule has 25 heavy (non-hydrogen) atoms. The minimum absolute atomic E-state index is 0.339. The average molecular weight is 332 g/mol. The fourth-order valence-corrected chi connectivity index (χ4v) is 3.53. The smallest absolute Gasteiger partial charge is 0.119 e. The Morgan fingerprint density at radius 3 is 2.40 bits per heavy atom. The molecule has 3 heteroatoms. The topological polar surface area (TPSA) is 34.1 Å². The maximum atomic E-state index is 6.10. The Kier molecular flexibility index (Phi) is 4.41. The highest BCUT2D eigenvalue weighted by molar-refractivity contribution is 5.91. The second-order valence-electron chi connectivity index (χ2n) is 6.88. The monoisotopic (exact) mass is 332 g/mol. The fourth-order valence-electron chi connectivity index (χ4n) is 3.53. The van der Waals surface area contributed by atoms with Crippen LogP contribution in [0.1, 0.15) is 24.1 Å². The molecule has 0 amide bonds. The number of nitrogens with one attached hydrogen (secondary N) is 1. The number of benzene rings is 2. The van der Waals surface area contributed by atoms with Gasteiger partial charge in [-0.2, -0.15) is 0 Å². The predicted molar refractivity (Wildman–Crippen MR) is 103 cm³/mol. The summed E-state index contributed by atoms with van der Waals surface area (Å²) in [5.74, 6) is 0.965. The summed E-state index contributed by atoms with van der Waals surface area (Å²) in [6, 6.07) is 15.1. The van der Waals surface area contributed by atoms with Crippen molar-refractivity contribution >= 4 is 10.8 Å². The van der Waals surface area contributed by atoms with E-state index in [1.54, 1.807) is 0 Å². The number of piperidine rings is 1. The highest BCUT2D eigenvalue weighted by atomic mass is 16.5. The summed E-state index contributed by atoms with van der Waals surface area (Å²) in [5, 5.41) is 5.88. The lowest BCUT2D eigenvalue weighted by atomic mass is 9.99. The zero-order valence-corrected chi connectivity index (χ0v) is 14.9. The Bertz CT molecular complexity index is 880. The standard InChI is InChI=1S/C22H24N2O/c1-15-14-24-16(2)21-8-5-18(13-22(15)21)17-3-6-19(7-4-17)25-20-9-11-23-12-10-20/h3-8,13-14,20,23H,9-12H2,1-2H3. The molecule has 128 valence electrons. The number of hydrogen-bond acceptors (Lipinski definition) is 3. The van der Waals surface area contributed by atoms with Crippen LogP contribution in [0.4, 0.5) is 0 Å². The number of nitrogens with zero attached hydrogens (tertiary/aromatic N) is 1. The first kappa shape index (κ1) is 16.1. The van der Waals surface area contributed by atoms with Crippen LogP contribution < -0.4 is 10.1 Å². The van der Waals surface area contributed by atoms with Gasteiger partial charge in [0.1, 0.15) is 11.9 Å². The van der Waals surface area contributed by atoms with Gasteiger partial charge in [0.05, 0.1) is 0 Å². The van der Waals surface area contributed by atoms with E-state index in [-0.39, 0.29) is 0 Å². The molecule has 1 fully saturated rings. The highest BCUT2D eigenvalue weighted by Gasteiger charge is 2.14. The minimum Gasteiger partial charge on any atom is -0.490 e. The quantitative estimate of drug-likeness (QED) is 0.758. The normalized spacial score (nSPS) is 15.4. The van der Waals surface area contributed by atoms with E-state index >= 15 is 0 Å². The second kappa shape index (κ2) is 6.85. The molecule has 0 saturated carbocycles. The van der Waals surface area contributed by atoms with Crippen molar-refractivity contribution in [2.45, 2.75) is 32.8 Å². The van der Waals surface area contributed by atoms with E-state index in [0.717, 1.165) is 37.4 Å². The Hall–Kier alpha value is -2.39. The SMILES string of the molecule is Cc1cnc(C)c2ccc(-c3ccc(OC4CCNCC4)cc3)cc12. The van der Waals surface area contributed by atoms with Gasteiger partial charge in [0.25, 0.3) is 0 Å². The molecule has 1 saturated heterocycles. The molecule has 1 aliphatic rings. The van der Waals surface area contributed by atoms with Crippen LogP contribution in [0.25, 0.3) is 21.9 Å². The zero-order valence-electron chi connectivity index (χ0n) is 14.9. The summed E-state index contributed by atoms with van der Waals surface area (Å²) in [4.78, 5) is 4.46. The Morgan fingerprint density at radius 2 is 1.64 bits per heavy atom. The number of rotatable bonds is 3. The first-order valence-corrected chi connectivity index (χ1v) is 9.04. The van der Waals surface area contributed by atoms with Gasteiger partial charge in [-0.05, 0) is 80.1 Å². The minimum atomic E-state index is 0.339. The third-order valence-corrected chi connectivity index (χ3v) is 5.06. The van der Waals surface area contributed by atoms with E-state index in [1.165, 1.54) is 27.5 Å². The number of ether oxygens (including phenoxy) is 1. The summed E-state index contributed by atoms with van der Waals surface area (Å²) in [7, 11) is 0. The van der Waals surface area contributed by atoms with Gasteiger partial charge in [-0.15, -0.1) is 0 Å². The molecule has 1 aliphatic heterocycles. The summed E-state index contributed by atoms with van der Waals surface area (Å²) < 4.78 is 6.10. The van der Waals surface area contributed by atoms with Crippen LogP contribution in [0.2, 0.25) is 0 Å². The molecule has 0 bridgehead atoms. The van der Waals surface area contributed by atoms with Gasteiger partial charge < -0.3 is 10.1 Å². The number of pyridine rings is 1. The van der Waals surface area contributed by atoms with E-state index in [2.05, 4.69) is 66.6 Å². The molecule has 1 N–H and O–H groups in total. The Labute approximate surface area is 149 Å². The Morgan fingerprint density at radius 1 is 0.920 bits per heavy atom. The van der Waals surface area contributed by atoms with E-state index in [4.69, 9.17) is 4.74 Å². The number of fused-ring (bicyclic) bond motifs is 1. The van der Waals surface area contributed by atoms with Crippen molar-refractivity contribution in [3.63, 3.8) is 0 Å². The van der Waals surface area contributed by atoms with Crippen molar-refractivity contribution in [3.05, 3.63) is 59.9 Å². The van der Waals surface area contributed by atoms with Gasteiger partial charge in [0.2, 0.25) is 0 Å². The van der Waals surface area contributed by atoms with Crippen LogP contribution in [0, 0.1) is 13.8 Å². The molecule has 0 atom stereocenters. The summed E-state index contributed by atoms with van der Waals surface area (Å²) in [5.41, 5.74) is 4.74. The average Bonchev–Trinajstić information content (AvgIpc) is 2.66. The van der Waals surface area contributed by atoms with Gasteiger partial charge >= 0.3 is 0 Å². The molecule has 0 radical (unpaired) electrons.